The van der Waals surface area contributed by atoms with Crippen molar-refractivity contribution in [2.24, 2.45) is 11.1 Å². The van der Waals surface area contributed by atoms with Gasteiger partial charge in [0.1, 0.15) is 0 Å². The zero-order valence-corrected chi connectivity index (χ0v) is 12.2. The van der Waals surface area contributed by atoms with Crippen LogP contribution in [-0.2, 0) is 14.3 Å². The first-order chi connectivity index (χ1) is 9.77. The molecule has 3 N–H and O–H groups in total. The molecule has 0 aromatic rings. The first-order valence-corrected chi connectivity index (χ1v) is 7.63. The number of nitrogens with one attached hydrogen (secondary N) is 1. The molecule has 0 aromatic carbocycles. The van der Waals surface area contributed by atoms with Gasteiger partial charge in [0, 0.05) is 39.4 Å². The van der Waals surface area contributed by atoms with Crippen molar-refractivity contribution in [2.75, 3.05) is 59.2 Å². The van der Waals surface area contributed by atoms with E-state index in [0.29, 0.717) is 19.8 Å². The average molecular weight is 285 g/mol. The minimum atomic E-state index is -0.406. The van der Waals surface area contributed by atoms with E-state index in [-0.39, 0.29) is 5.91 Å². The Kier molecular flexibility index (Phi) is 6.22. The normalized spacial score (nSPS) is 23.4. The molecule has 0 spiro atoms. The van der Waals surface area contributed by atoms with E-state index >= 15 is 0 Å². The highest BCUT2D eigenvalue weighted by molar-refractivity contribution is 5.83. The van der Waals surface area contributed by atoms with Crippen LogP contribution >= 0.6 is 0 Å². The number of hydrogen-bond acceptors (Lipinski definition) is 5. The molecule has 6 nitrogen and oxygen atoms in total. The highest BCUT2D eigenvalue weighted by Crippen LogP contribution is 2.29. The van der Waals surface area contributed by atoms with E-state index in [4.69, 9.17) is 15.2 Å². The van der Waals surface area contributed by atoms with Crippen LogP contribution in [0.15, 0.2) is 0 Å². The molecule has 116 valence electrons. The molecule has 0 aromatic heterocycles. The predicted octanol–water partition coefficient (Wildman–Crippen LogP) is -0.420. The van der Waals surface area contributed by atoms with Crippen molar-refractivity contribution >= 4 is 5.91 Å². The highest BCUT2D eigenvalue weighted by Gasteiger charge is 2.38. The first-order valence-electron chi connectivity index (χ1n) is 7.63. The zero-order valence-electron chi connectivity index (χ0n) is 12.2. The number of carbonyl (C=O) groups excluding carboxylic acids is 1. The highest BCUT2D eigenvalue weighted by atomic mass is 16.5. The number of rotatable bonds is 6. The van der Waals surface area contributed by atoms with Gasteiger partial charge in [0.25, 0.3) is 0 Å². The van der Waals surface area contributed by atoms with Crippen molar-refractivity contribution in [1.82, 2.24) is 10.2 Å². The second-order valence-corrected chi connectivity index (χ2v) is 5.66. The number of amides is 1. The van der Waals surface area contributed by atoms with Gasteiger partial charge in [-0.1, -0.05) is 0 Å². The Morgan fingerprint density at radius 1 is 1.15 bits per heavy atom. The molecule has 0 bridgehead atoms. The molecule has 1 amide bonds. The maximum atomic E-state index is 12.3. The molecule has 0 atom stereocenters. The van der Waals surface area contributed by atoms with Crippen LogP contribution in [0.3, 0.4) is 0 Å². The molecule has 2 saturated heterocycles. The van der Waals surface area contributed by atoms with Gasteiger partial charge in [0.15, 0.2) is 0 Å². The second-order valence-electron chi connectivity index (χ2n) is 5.66. The van der Waals surface area contributed by atoms with Gasteiger partial charge in [-0.25, -0.2) is 0 Å². The van der Waals surface area contributed by atoms with Crippen LogP contribution in [-0.4, -0.2) is 70.0 Å². The third kappa shape index (κ3) is 4.15. The Hall–Kier alpha value is -0.690. The van der Waals surface area contributed by atoms with Crippen LogP contribution in [0.2, 0.25) is 0 Å². The molecule has 0 aliphatic carbocycles. The first kappa shape index (κ1) is 15.7. The van der Waals surface area contributed by atoms with Crippen LogP contribution < -0.4 is 11.1 Å². The summed E-state index contributed by atoms with van der Waals surface area (Å²) in [6, 6.07) is 0. The van der Waals surface area contributed by atoms with Gasteiger partial charge in [-0.05, 0) is 25.8 Å². The Morgan fingerprint density at radius 2 is 1.80 bits per heavy atom. The van der Waals surface area contributed by atoms with Crippen LogP contribution in [0, 0.1) is 5.41 Å². The molecule has 2 aliphatic rings. The Morgan fingerprint density at radius 3 is 2.45 bits per heavy atom. The van der Waals surface area contributed by atoms with Gasteiger partial charge < -0.3 is 20.5 Å². The fourth-order valence-electron chi connectivity index (χ4n) is 2.80. The van der Waals surface area contributed by atoms with Crippen molar-refractivity contribution in [2.45, 2.75) is 19.3 Å². The van der Waals surface area contributed by atoms with Crippen molar-refractivity contribution < 1.29 is 14.3 Å². The van der Waals surface area contributed by atoms with Gasteiger partial charge in [-0.2, -0.15) is 0 Å². The third-order valence-corrected chi connectivity index (χ3v) is 4.36. The van der Waals surface area contributed by atoms with Gasteiger partial charge >= 0.3 is 0 Å². The van der Waals surface area contributed by atoms with Crippen molar-refractivity contribution in [3.8, 4) is 0 Å². The van der Waals surface area contributed by atoms with Crippen LogP contribution in [0.5, 0.6) is 0 Å². The van der Waals surface area contributed by atoms with E-state index in [1.165, 1.54) is 0 Å². The second kappa shape index (κ2) is 7.93. The molecule has 0 radical (unpaired) electrons. The summed E-state index contributed by atoms with van der Waals surface area (Å²) >= 11 is 0. The molecule has 20 heavy (non-hydrogen) atoms. The summed E-state index contributed by atoms with van der Waals surface area (Å²) in [5.41, 5.74) is 5.42. The minimum Gasteiger partial charge on any atom is -0.381 e. The van der Waals surface area contributed by atoms with E-state index in [1.807, 2.05) is 0 Å². The lowest BCUT2D eigenvalue weighted by molar-refractivity contribution is -0.135. The molecule has 6 heteroatoms. The fraction of sp³-hybridized carbons (Fsp3) is 0.929. The molecular formula is C14H27N3O3. The number of nitrogens with two attached hydrogens (primary N) is 1. The summed E-state index contributed by atoms with van der Waals surface area (Å²) < 4.78 is 10.6. The number of ether oxygens (including phenoxy) is 2. The quantitative estimate of drug-likeness (QED) is 0.648. The number of hydrogen-bond donors (Lipinski definition) is 2. The number of carbonyl (C=O) groups is 1. The molecule has 0 saturated carbocycles. The Labute approximate surface area is 121 Å². The summed E-state index contributed by atoms with van der Waals surface area (Å²) in [5, 5.41) is 3.05. The van der Waals surface area contributed by atoms with Crippen molar-refractivity contribution in [3.63, 3.8) is 0 Å². The van der Waals surface area contributed by atoms with Crippen LogP contribution in [0.4, 0.5) is 0 Å². The monoisotopic (exact) mass is 285 g/mol. The van der Waals surface area contributed by atoms with Crippen molar-refractivity contribution in [3.05, 3.63) is 0 Å². The smallest absolute Gasteiger partial charge is 0.227 e. The molecule has 0 unspecified atom stereocenters. The molecular weight excluding hydrogens is 258 g/mol. The Balaban J connectivity index is 1.65. The largest absolute Gasteiger partial charge is 0.381 e. The molecule has 2 rings (SSSR count). The number of morpholine rings is 1. The molecule has 2 fully saturated rings. The van der Waals surface area contributed by atoms with E-state index in [2.05, 4.69) is 10.2 Å². The summed E-state index contributed by atoms with van der Waals surface area (Å²) in [6.45, 7) is 7.06. The van der Waals surface area contributed by atoms with Gasteiger partial charge in [-0.3, -0.25) is 9.69 Å². The summed E-state index contributed by atoms with van der Waals surface area (Å²) in [7, 11) is 0. The predicted molar refractivity (Wildman–Crippen MR) is 76.4 cm³/mol. The lowest BCUT2D eigenvalue weighted by atomic mass is 9.79. The van der Waals surface area contributed by atoms with Crippen molar-refractivity contribution in [1.29, 1.82) is 0 Å². The third-order valence-electron chi connectivity index (χ3n) is 4.36. The van der Waals surface area contributed by atoms with E-state index in [9.17, 15) is 4.79 Å². The topological polar surface area (TPSA) is 76.8 Å². The standard InChI is InChI=1S/C14H27N3O3/c15-12-14(2-8-19-9-3-14)13(18)16-4-1-5-17-6-10-20-11-7-17/h1-12,15H2,(H,16,18). The van der Waals surface area contributed by atoms with Crippen LogP contribution in [0.25, 0.3) is 0 Å². The van der Waals surface area contributed by atoms with Crippen LogP contribution in [0.1, 0.15) is 19.3 Å². The van der Waals surface area contributed by atoms with Gasteiger partial charge in [0.05, 0.1) is 18.6 Å². The van der Waals surface area contributed by atoms with Gasteiger partial charge in [-0.15, -0.1) is 0 Å². The zero-order chi connectivity index (χ0) is 14.3. The minimum absolute atomic E-state index is 0.102. The van der Waals surface area contributed by atoms with E-state index < -0.39 is 5.41 Å². The number of nitrogens with zero attached hydrogens (tertiary/aromatic N) is 1. The van der Waals surface area contributed by atoms with E-state index in [0.717, 1.165) is 58.7 Å². The molecule has 2 heterocycles. The summed E-state index contributed by atoms with van der Waals surface area (Å²) in [6.07, 6.45) is 2.44. The average Bonchev–Trinajstić information content (AvgIpc) is 2.53. The summed E-state index contributed by atoms with van der Waals surface area (Å²) in [4.78, 5) is 14.7. The van der Waals surface area contributed by atoms with Gasteiger partial charge in [0.2, 0.25) is 5.91 Å². The fourth-order valence-corrected chi connectivity index (χ4v) is 2.80. The maximum Gasteiger partial charge on any atom is 0.227 e. The maximum absolute atomic E-state index is 12.3. The summed E-state index contributed by atoms with van der Waals surface area (Å²) in [5.74, 6) is 0.102. The lowest BCUT2D eigenvalue weighted by Gasteiger charge is -2.34. The molecule has 2 aliphatic heterocycles. The van der Waals surface area contributed by atoms with E-state index in [1.54, 1.807) is 0 Å². The Bertz CT molecular complexity index is 300. The SMILES string of the molecule is NCC1(C(=O)NCCCN2CCOCC2)CCOCC1. The lowest BCUT2D eigenvalue weighted by Crippen LogP contribution is -2.49.